The Morgan fingerprint density at radius 1 is 1.05 bits per heavy atom. The maximum absolute atomic E-state index is 13.1. The van der Waals surface area contributed by atoms with Crippen LogP contribution in [0.1, 0.15) is 50.9 Å². The number of carbonyl (C=O) groups excluding carboxylic acids is 1. The molecule has 0 aliphatic carbocycles. The monoisotopic (exact) mass is 526 g/mol. The van der Waals surface area contributed by atoms with Crippen LogP contribution in [0.5, 0.6) is 0 Å². The SMILES string of the molecule is CCc1nc2cc(Cl)ccn2c1C(=O)NCc1ccc2c(c1)CN(Cc1ccc(C(F)(F)F)cc1)CC2. The third kappa shape index (κ3) is 5.50. The molecule has 2 aromatic heterocycles. The molecule has 5 rings (SSSR count). The van der Waals surface area contributed by atoms with E-state index in [1.165, 1.54) is 11.1 Å². The maximum Gasteiger partial charge on any atom is 0.416 e. The van der Waals surface area contributed by atoms with Crippen LogP contribution in [0.15, 0.2) is 60.8 Å². The van der Waals surface area contributed by atoms with Crippen molar-refractivity contribution in [3.8, 4) is 0 Å². The van der Waals surface area contributed by atoms with Gasteiger partial charge in [0.05, 0.1) is 11.3 Å². The first-order valence-electron chi connectivity index (χ1n) is 12.1. The van der Waals surface area contributed by atoms with Crippen molar-refractivity contribution in [2.75, 3.05) is 6.54 Å². The number of rotatable bonds is 6. The van der Waals surface area contributed by atoms with Crippen molar-refractivity contribution >= 4 is 23.2 Å². The zero-order valence-corrected chi connectivity index (χ0v) is 21.0. The Kier molecular flexibility index (Phi) is 6.96. The summed E-state index contributed by atoms with van der Waals surface area (Å²) in [7, 11) is 0. The van der Waals surface area contributed by atoms with Gasteiger partial charge < -0.3 is 5.32 Å². The molecule has 0 fully saturated rings. The van der Waals surface area contributed by atoms with Gasteiger partial charge in [0.15, 0.2) is 0 Å². The van der Waals surface area contributed by atoms with E-state index < -0.39 is 11.7 Å². The lowest BCUT2D eigenvalue weighted by Gasteiger charge is -2.29. The fourth-order valence-electron chi connectivity index (χ4n) is 4.79. The number of aromatic nitrogens is 2. The fraction of sp³-hybridized carbons (Fsp3) is 0.286. The predicted molar refractivity (Wildman–Crippen MR) is 136 cm³/mol. The lowest BCUT2D eigenvalue weighted by atomic mass is 9.97. The number of benzene rings is 2. The van der Waals surface area contributed by atoms with Crippen LogP contribution in [-0.2, 0) is 38.7 Å². The molecule has 192 valence electrons. The van der Waals surface area contributed by atoms with Crippen LogP contribution in [0.2, 0.25) is 5.02 Å². The van der Waals surface area contributed by atoms with Crippen LogP contribution >= 0.6 is 11.6 Å². The van der Waals surface area contributed by atoms with E-state index in [-0.39, 0.29) is 5.91 Å². The van der Waals surface area contributed by atoms with E-state index in [4.69, 9.17) is 11.6 Å². The highest BCUT2D eigenvalue weighted by Crippen LogP contribution is 2.29. The summed E-state index contributed by atoms with van der Waals surface area (Å²) in [5.41, 5.74) is 5.48. The van der Waals surface area contributed by atoms with E-state index in [1.807, 2.05) is 13.0 Å². The topological polar surface area (TPSA) is 49.6 Å². The van der Waals surface area contributed by atoms with Crippen molar-refractivity contribution in [1.82, 2.24) is 19.6 Å². The van der Waals surface area contributed by atoms with E-state index in [0.29, 0.717) is 48.1 Å². The minimum absolute atomic E-state index is 0.201. The van der Waals surface area contributed by atoms with E-state index >= 15 is 0 Å². The van der Waals surface area contributed by atoms with Crippen molar-refractivity contribution in [3.05, 3.63) is 105 Å². The third-order valence-electron chi connectivity index (χ3n) is 6.71. The first kappa shape index (κ1) is 25.3. The number of imidazole rings is 1. The summed E-state index contributed by atoms with van der Waals surface area (Å²) in [5, 5.41) is 3.58. The first-order valence-corrected chi connectivity index (χ1v) is 12.5. The second-order valence-corrected chi connectivity index (χ2v) is 9.71. The molecule has 3 heterocycles. The van der Waals surface area contributed by atoms with E-state index in [9.17, 15) is 18.0 Å². The molecule has 5 nitrogen and oxygen atoms in total. The summed E-state index contributed by atoms with van der Waals surface area (Å²) in [6, 6.07) is 15.0. The Labute approximate surface area is 217 Å². The highest BCUT2D eigenvalue weighted by Gasteiger charge is 2.30. The number of carbonyl (C=O) groups is 1. The number of hydrogen-bond acceptors (Lipinski definition) is 3. The van der Waals surface area contributed by atoms with Gasteiger partial charge in [0.25, 0.3) is 5.91 Å². The number of nitrogens with zero attached hydrogens (tertiary/aromatic N) is 3. The average molecular weight is 527 g/mol. The third-order valence-corrected chi connectivity index (χ3v) is 6.95. The molecular weight excluding hydrogens is 501 g/mol. The molecule has 37 heavy (non-hydrogen) atoms. The molecule has 0 saturated carbocycles. The number of amides is 1. The second kappa shape index (κ2) is 10.2. The minimum Gasteiger partial charge on any atom is -0.347 e. The largest absolute Gasteiger partial charge is 0.416 e. The summed E-state index contributed by atoms with van der Waals surface area (Å²) in [6.07, 6.45) is -1.09. The van der Waals surface area contributed by atoms with Gasteiger partial charge in [-0.3, -0.25) is 14.1 Å². The van der Waals surface area contributed by atoms with Gasteiger partial charge in [-0.1, -0.05) is 48.9 Å². The number of pyridine rings is 1. The van der Waals surface area contributed by atoms with Crippen molar-refractivity contribution in [2.24, 2.45) is 0 Å². The minimum atomic E-state index is -4.33. The van der Waals surface area contributed by atoms with Gasteiger partial charge in [0.1, 0.15) is 11.3 Å². The Bertz CT molecular complexity index is 1450. The molecule has 1 amide bonds. The van der Waals surface area contributed by atoms with Gasteiger partial charge in [-0.25, -0.2) is 4.98 Å². The Balaban J connectivity index is 1.25. The van der Waals surface area contributed by atoms with Crippen LogP contribution in [-0.4, -0.2) is 26.7 Å². The van der Waals surface area contributed by atoms with E-state index in [0.717, 1.165) is 36.2 Å². The van der Waals surface area contributed by atoms with Gasteiger partial charge in [-0.15, -0.1) is 0 Å². The van der Waals surface area contributed by atoms with Crippen molar-refractivity contribution in [2.45, 2.75) is 45.6 Å². The fourth-order valence-corrected chi connectivity index (χ4v) is 4.95. The van der Waals surface area contributed by atoms with Gasteiger partial charge in [-0.2, -0.15) is 13.2 Å². The molecule has 4 aromatic rings. The molecule has 1 N–H and O–H groups in total. The van der Waals surface area contributed by atoms with Crippen LogP contribution in [0.25, 0.3) is 5.65 Å². The zero-order valence-electron chi connectivity index (χ0n) is 20.3. The normalized spacial score (nSPS) is 14.1. The maximum atomic E-state index is 13.1. The van der Waals surface area contributed by atoms with Gasteiger partial charge in [-0.05, 0) is 53.3 Å². The van der Waals surface area contributed by atoms with Crippen molar-refractivity contribution < 1.29 is 18.0 Å². The van der Waals surface area contributed by atoms with E-state index in [2.05, 4.69) is 27.3 Å². The number of fused-ring (bicyclic) bond motifs is 2. The molecule has 1 aliphatic heterocycles. The number of alkyl halides is 3. The molecule has 0 radical (unpaired) electrons. The second-order valence-electron chi connectivity index (χ2n) is 9.27. The number of aryl methyl sites for hydroxylation is 1. The highest BCUT2D eigenvalue weighted by molar-refractivity contribution is 6.30. The zero-order chi connectivity index (χ0) is 26.2. The molecule has 2 aromatic carbocycles. The molecule has 0 unspecified atom stereocenters. The average Bonchev–Trinajstić information content (AvgIpc) is 3.24. The first-order chi connectivity index (χ1) is 17.7. The van der Waals surface area contributed by atoms with Crippen LogP contribution < -0.4 is 5.32 Å². The van der Waals surface area contributed by atoms with Crippen LogP contribution in [0.3, 0.4) is 0 Å². The number of halogens is 4. The van der Waals surface area contributed by atoms with Crippen molar-refractivity contribution in [1.29, 1.82) is 0 Å². The predicted octanol–water partition coefficient (Wildman–Crippen LogP) is 6.06. The number of nitrogens with one attached hydrogen (secondary N) is 1. The quantitative estimate of drug-likeness (QED) is 0.332. The smallest absolute Gasteiger partial charge is 0.347 e. The van der Waals surface area contributed by atoms with Gasteiger partial charge in [0, 0.05) is 43.5 Å². The Hall–Kier alpha value is -3.36. The summed E-state index contributed by atoms with van der Waals surface area (Å²) >= 11 is 6.08. The summed E-state index contributed by atoms with van der Waals surface area (Å²) in [5.74, 6) is -0.201. The lowest BCUT2D eigenvalue weighted by molar-refractivity contribution is -0.137. The molecule has 0 saturated heterocycles. The van der Waals surface area contributed by atoms with Gasteiger partial charge >= 0.3 is 6.18 Å². The Morgan fingerprint density at radius 2 is 1.81 bits per heavy atom. The molecule has 1 aliphatic rings. The summed E-state index contributed by atoms with van der Waals surface area (Å²) in [6.45, 7) is 4.44. The summed E-state index contributed by atoms with van der Waals surface area (Å²) in [4.78, 5) is 19.9. The number of hydrogen-bond donors (Lipinski definition) is 1. The lowest BCUT2D eigenvalue weighted by Crippen LogP contribution is -2.30. The Morgan fingerprint density at radius 3 is 2.54 bits per heavy atom. The van der Waals surface area contributed by atoms with Crippen LogP contribution in [0.4, 0.5) is 13.2 Å². The van der Waals surface area contributed by atoms with Crippen molar-refractivity contribution in [3.63, 3.8) is 0 Å². The molecule has 9 heteroatoms. The highest BCUT2D eigenvalue weighted by atomic mass is 35.5. The van der Waals surface area contributed by atoms with Gasteiger partial charge in [0.2, 0.25) is 0 Å². The molecular formula is C28H26ClF3N4O. The molecule has 0 atom stereocenters. The van der Waals surface area contributed by atoms with Crippen LogP contribution in [0, 0.1) is 0 Å². The van der Waals surface area contributed by atoms with E-state index in [1.54, 1.807) is 34.9 Å². The molecule has 0 spiro atoms. The molecule has 0 bridgehead atoms. The summed E-state index contributed by atoms with van der Waals surface area (Å²) < 4.78 is 40.3. The standard InChI is InChI=1S/C28H26ClF3N4O/c1-2-24-26(36-12-10-23(29)14-25(36)34-24)27(37)33-15-19-3-6-20-9-11-35(17-21(20)13-19)16-18-4-7-22(8-5-18)28(30,31)32/h3-8,10,12-14H,2,9,11,15-17H2,1H3,(H,33,37).